The molecule has 0 radical (unpaired) electrons. The summed E-state index contributed by atoms with van der Waals surface area (Å²) in [6.07, 6.45) is 2.01. The summed E-state index contributed by atoms with van der Waals surface area (Å²) in [4.78, 5) is 23.3. The normalized spacial score (nSPS) is 10.2. The van der Waals surface area contributed by atoms with Gasteiger partial charge in [-0.15, -0.1) is 11.8 Å². The van der Waals surface area contributed by atoms with Gasteiger partial charge in [-0.2, -0.15) is 0 Å². The molecule has 0 aromatic heterocycles. The van der Waals surface area contributed by atoms with Crippen LogP contribution in [0.15, 0.2) is 27.6 Å². The Labute approximate surface area is 125 Å². The number of thioether (sulfide) groups is 1. The monoisotopic (exact) mass is 345 g/mol. The molecule has 0 saturated heterocycles. The molecule has 104 valence electrons. The predicted molar refractivity (Wildman–Crippen MR) is 79.7 cm³/mol. The summed E-state index contributed by atoms with van der Waals surface area (Å²) in [5.74, 6) is -0.718. The average Bonchev–Trinajstić information content (AvgIpc) is 2.37. The molecule has 0 bridgehead atoms. The summed E-state index contributed by atoms with van der Waals surface area (Å²) >= 11 is 4.51. The number of carbonyl (C=O) groups is 2. The van der Waals surface area contributed by atoms with Gasteiger partial charge in [-0.05, 0) is 40.5 Å². The van der Waals surface area contributed by atoms with E-state index >= 15 is 0 Å². The zero-order valence-corrected chi connectivity index (χ0v) is 13.0. The second kappa shape index (κ2) is 8.22. The van der Waals surface area contributed by atoms with Gasteiger partial charge >= 0.3 is 5.97 Å². The van der Waals surface area contributed by atoms with Crippen LogP contribution in [0.4, 0.5) is 0 Å². The van der Waals surface area contributed by atoms with E-state index in [1.165, 1.54) is 11.8 Å². The van der Waals surface area contributed by atoms with Crippen molar-refractivity contribution in [2.24, 2.45) is 0 Å². The van der Waals surface area contributed by atoms with Crippen LogP contribution in [0.5, 0.6) is 0 Å². The number of carboxylic acid groups (broad SMARTS) is 1. The Morgan fingerprint density at radius 3 is 2.79 bits per heavy atom. The molecule has 0 unspecified atom stereocenters. The van der Waals surface area contributed by atoms with Gasteiger partial charge in [0, 0.05) is 15.9 Å². The lowest BCUT2D eigenvalue weighted by Gasteiger charge is -2.06. The lowest BCUT2D eigenvalue weighted by molar-refractivity contribution is -0.118. The maximum Gasteiger partial charge on any atom is 0.336 e. The van der Waals surface area contributed by atoms with Crippen molar-refractivity contribution in [3.8, 4) is 0 Å². The lowest BCUT2D eigenvalue weighted by atomic mass is 10.2. The van der Waals surface area contributed by atoms with Gasteiger partial charge in [0.25, 0.3) is 0 Å². The molecule has 1 aromatic carbocycles. The summed E-state index contributed by atoms with van der Waals surface area (Å²) < 4.78 is 0.539. The van der Waals surface area contributed by atoms with Gasteiger partial charge in [-0.3, -0.25) is 4.79 Å². The third-order valence-corrected chi connectivity index (χ3v) is 4.08. The minimum absolute atomic E-state index is 0.0294. The van der Waals surface area contributed by atoms with Crippen LogP contribution in [0.1, 0.15) is 30.1 Å². The first-order valence-corrected chi connectivity index (χ1v) is 7.74. The molecular weight excluding hydrogens is 330 g/mol. The predicted octanol–water partition coefficient (Wildman–Crippen LogP) is 3.16. The minimum Gasteiger partial charge on any atom is -0.478 e. The molecule has 0 aliphatic heterocycles. The Hall–Kier alpha value is -1.01. The van der Waals surface area contributed by atoms with E-state index in [0.717, 1.165) is 17.7 Å². The van der Waals surface area contributed by atoms with Crippen LogP contribution in [-0.4, -0.2) is 29.3 Å². The quantitative estimate of drug-likeness (QED) is 0.588. The molecule has 1 rings (SSSR count). The van der Waals surface area contributed by atoms with E-state index in [9.17, 15) is 9.59 Å². The van der Waals surface area contributed by atoms with E-state index in [2.05, 4.69) is 28.2 Å². The Morgan fingerprint density at radius 2 is 2.16 bits per heavy atom. The van der Waals surface area contributed by atoms with Crippen molar-refractivity contribution in [2.45, 2.75) is 24.7 Å². The zero-order valence-electron chi connectivity index (χ0n) is 10.6. The molecule has 1 amide bonds. The van der Waals surface area contributed by atoms with Crippen molar-refractivity contribution in [3.63, 3.8) is 0 Å². The molecule has 1 aromatic rings. The van der Waals surface area contributed by atoms with Gasteiger partial charge in [-0.25, -0.2) is 4.79 Å². The Balaban J connectivity index is 2.51. The first-order valence-electron chi connectivity index (χ1n) is 5.97. The van der Waals surface area contributed by atoms with Crippen molar-refractivity contribution < 1.29 is 14.7 Å². The fraction of sp³-hybridized carbons (Fsp3) is 0.385. The Kier molecular flexibility index (Phi) is 6.94. The highest BCUT2D eigenvalue weighted by Crippen LogP contribution is 2.24. The molecule has 0 atom stereocenters. The maximum absolute atomic E-state index is 11.5. The van der Waals surface area contributed by atoms with Crippen molar-refractivity contribution in [1.29, 1.82) is 0 Å². The minimum atomic E-state index is -0.985. The zero-order chi connectivity index (χ0) is 14.3. The molecule has 2 N–H and O–H groups in total. The molecule has 0 spiro atoms. The third kappa shape index (κ3) is 5.65. The van der Waals surface area contributed by atoms with Crippen LogP contribution in [0.3, 0.4) is 0 Å². The van der Waals surface area contributed by atoms with Gasteiger partial charge in [0.05, 0.1) is 11.3 Å². The Bertz CT molecular complexity index is 465. The van der Waals surface area contributed by atoms with Gasteiger partial charge < -0.3 is 10.4 Å². The average molecular weight is 346 g/mol. The first-order chi connectivity index (χ1) is 9.04. The summed E-state index contributed by atoms with van der Waals surface area (Å²) in [7, 11) is 0. The fourth-order valence-corrected chi connectivity index (χ4v) is 2.54. The molecule has 0 aliphatic rings. The number of carbonyl (C=O) groups excluding carboxylic acids is 1. The number of nitrogens with one attached hydrogen (secondary N) is 1. The van der Waals surface area contributed by atoms with Gasteiger partial charge in [0.1, 0.15) is 0 Å². The number of benzene rings is 1. The lowest BCUT2D eigenvalue weighted by Crippen LogP contribution is -2.25. The third-order valence-electron chi connectivity index (χ3n) is 2.39. The van der Waals surface area contributed by atoms with Crippen LogP contribution >= 0.6 is 27.7 Å². The van der Waals surface area contributed by atoms with Crippen molar-refractivity contribution in [3.05, 3.63) is 28.2 Å². The topological polar surface area (TPSA) is 66.4 Å². The van der Waals surface area contributed by atoms with E-state index in [1.54, 1.807) is 18.2 Å². The van der Waals surface area contributed by atoms with Gasteiger partial charge in [0.15, 0.2) is 0 Å². The molecular formula is C13H16BrNO3S. The summed E-state index contributed by atoms with van der Waals surface area (Å²) in [6.45, 7) is 2.76. The highest BCUT2D eigenvalue weighted by atomic mass is 79.9. The Morgan fingerprint density at radius 1 is 1.42 bits per heavy atom. The van der Waals surface area contributed by atoms with Crippen molar-refractivity contribution >= 4 is 39.6 Å². The standard InChI is InChI=1S/C13H16BrNO3S/c1-2-3-6-15-12(16)8-19-9-4-5-11(14)10(7-9)13(17)18/h4-5,7H,2-3,6,8H2,1H3,(H,15,16)(H,17,18). The van der Waals surface area contributed by atoms with Crippen molar-refractivity contribution in [2.75, 3.05) is 12.3 Å². The van der Waals surface area contributed by atoms with Crippen LogP contribution in [-0.2, 0) is 4.79 Å². The first kappa shape index (κ1) is 16.0. The number of aromatic carboxylic acids is 1. The second-order valence-corrected chi connectivity index (χ2v) is 5.84. The molecule has 0 aliphatic carbocycles. The molecule has 19 heavy (non-hydrogen) atoms. The molecule has 0 fully saturated rings. The van der Waals surface area contributed by atoms with E-state index < -0.39 is 5.97 Å². The SMILES string of the molecule is CCCCNC(=O)CSc1ccc(Br)c(C(=O)O)c1. The highest BCUT2D eigenvalue weighted by Gasteiger charge is 2.10. The summed E-state index contributed by atoms with van der Waals surface area (Å²) in [5, 5.41) is 11.8. The van der Waals surface area contributed by atoms with Gasteiger partial charge in [0.2, 0.25) is 5.91 Å². The number of unbranched alkanes of at least 4 members (excludes halogenated alkanes) is 1. The van der Waals surface area contributed by atoms with Crippen LogP contribution in [0.25, 0.3) is 0 Å². The molecule has 0 heterocycles. The summed E-state index contributed by atoms with van der Waals surface area (Å²) in [6, 6.07) is 5.04. The number of carboxylic acids is 1. The maximum atomic E-state index is 11.5. The second-order valence-electron chi connectivity index (χ2n) is 3.94. The summed E-state index contributed by atoms with van der Waals surface area (Å²) in [5.41, 5.74) is 0.205. The van der Waals surface area contributed by atoms with Crippen molar-refractivity contribution in [1.82, 2.24) is 5.32 Å². The largest absolute Gasteiger partial charge is 0.478 e. The van der Waals surface area contributed by atoms with Gasteiger partial charge in [-0.1, -0.05) is 13.3 Å². The van der Waals surface area contributed by atoms with Crippen LogP contribution in [0.2, 0.25) is 0 Å². The smallest absolute Gasteiger partial charge is 0.336 e. The van der Waals surface area contributed by atoms with E-state index in [0.29, 0.717) is 16.8 Å². The number of hydrogen-bond acceptors (Lipinski definition) is 3. The van der Waals surface area contributed by atoms with E-state index in [1.807, 2.05) is 0 Å². The van der Waals surface area contributed by atoms with Crippen LogP contribution in [0, 0.1) is 0 Å². The highest BCUT2D eigenvalue weighted by molar-refractivity contribution is 9.10. The molecule has 0 saturated carbocycles. The number of amides is 1. The van der Waals surface area contributed by atoms with E-state index in [4.69, 9.17) is 5.11 Å². The van der Waals surface area contributed by atoms with E-state index in [-0.39, 0.29) is 11.5 Å². The molecule has 6 heteroatoms. The number of rotatable bonds is 7. The van der Waals surface area contributed by atoms with Crippen LogP contribution < -0.4 is 5.32 Å². The fourth-order valence-electron chi connectivity index (χ4n) is 1.36. The number of halogens is 1. The molecule has 4 nitrogen and oxygen atoms in total. The number of hydrogen-bond donors (Lipinski definition) is 2.